The fraction of sp³-hybridized carbons (Fsp3) is 0.364. The Morgan fingerprint density at radius 3 is 2.89 bits per heavy atom. The molecule has 0 amide bonds. The van der Waals surface area contributed by atoms with Crippen molar-refractivity contribution < 1.29 is 12.8 Å². The van der Waals surface area contributed by atoms with Crippen molar-refractivity contribution in [3.63, 3.8) is 0 Å². The third-order valence-electron chi connectivity index (χ3n) is 3.11. The smallest absolute Gasteiger partial charge is 0.242 e. The molecule has 1 saturated carbocycles. The van der Waals surface area contributed by atoms with Crippen LogP contribution < -0.4 is 4.72 Å². The van der Waals surface area contributed by atoms with Gasteiger partial charge in [-0.05, 0) is 25.8 Å². The summed E-state index contributed by atoms with van der Waals surface area (Å²) in [5.74, 6) is -0.649. The lowest BCUT2D eigenvalue weighted by Crippen LogP contribution is -2.34. The Morgan fingerprint density at radius 2 is 2.22 bits per heavy atom. The SMILES string of the molecule is CC1(NS(=O)(=O)c2cc(F)c3nccn3c2)CC1. The summed E-state index contributed by atoms with van der Waals surface area (Å²) in [5, 5.41) is 0. The van der Waals surface area contributed by atoms with Crippen LogP contribution in [0.25, 0.3) is 5.65 Å². The van der Waals surface area contributed by atoms with Gasteiger partial charge >= 0.3 is 0 Å². The van der Waals surface area contributed by atoms with Crippen LogP contribution in [0.1, 0.15) is 19.8 Å². The summed E-state index contributed by atoms with van der Waals surface area (Å²) in [6.07, 6.45) is 5.91. The summed E-state index contributed by atoms with van der Waals surface area (Å²) in [6, 6.07) is 0.996. The number of halogens is 1. The third kappa shape index (κ3) is 1.89. The highest BCUT2D eigenvalue weighted by atomic mass is 32.2. The monoisotopic (exact) mass is 269 g/mol. The Balaban J connectivity index is 2.08. The molecule has 1 fully saturated rings. The second-order valence-corrected chi connectivity index (χ2v) is 6.53. The number of hydrogen-bond acceptors (Lipinski definition) is 3. The number of rotatable bonds is 3. The summed E-state index contributed by atoms with van der Waals surface area (Å²) in [6.45, 7) is 1.83. The van der Waals surface area contributed by atoms with Crippen LogP contribution in [0.4, 0.5) is 4.39 Å². The molecule has 96 valence electrons. The maximum Gasteiger partial charge on any atom is 0.242 e. The van der Waals surface area contributed by atoms with E-state index in [0.717, 1.165) is 18.9 Å². The lowest BCUT2D eigenvalue weighted by Gasteiger charge is -2.12. The maximum atomic E-state index is 13.7. The molecule has 2 heterocycles. The van der Waals surface area contributed by atoms with Crippen molar-refractivity contribution in [3.8, 4) is 0 Å². The summed E-state index contributed by atoms with van der Waals surface area (Å²) in [5.41, 5.74) is -0.259. The Kier molecular flexibility index (Phi) is 2.27. The van der Waals surface area contributed by atoms with Crippen molar-refractivity contribution >= 4 is 15.7 Å². The molecule has 18 heavy (non-hydrogen) atoms. The van der Waals surface area contributed by atoms with Crippen LogP contribution in [0.2, 0.25) is 0 Å². The maximum absolute atomic E-state index is 13.7. The molecule has 3 rings (SSSR count). The van der Waals surface area contributed by atoms with Gasteiger partial charge < -0.3 is 4.40 Å². The van der Waals surface area contributed by atoms with Gasteiger partial charge in [-0.15, -0.1) is 0 Å². The molecular formula is C11H12FN3O2S. The molecule has 0 atom stereocenters. The fourth-order valence-corrected chi connectivity index (χ4v) is 3.27. The second kappa shape index (κ2) is 3.52. The molecule has 0 aliphatic heterocycles. The van der Waals surface area contributed by atoms with E-state index in [4.69, 9.17) is 0 Å². The van der Waals surface area contributed by atoms with E-state index in [2.05, 4.69) is 9.71 Å². The molecule has 1 aliphatic rings. The van der Waals surface area contributed by atoms with E-state index in [9.17, 15) is 12.8 Å². The molecule has 0 radical (unpaired) electrons. The van der Waals surface area contributed by atoms with Crippen LogP contribution in [0.5, 0.6) is 0 Å². The van der Waals surface area contributed by atoms with Crippen LogP contribution in [0.15, 0.2) is 29.6 Å². The van der Waals surface area contributed by atoms with Crippen LogP contribution in [-0.2, 0) is 10.0 Å². The summed E-state index contributed by atoms with van der Waals surface area (Å²) < 4.78 is 41.8. The predicted molar refractivity (Wildman–Crippen MR) is 63.1 cm³/mol. The normalized spacial score (nSPS) is 18.1. The number of nitrogens with one attached hydrogen (secondary N) is 1. The first-order chi connectivity index (χ1) is 8.40. The van der Waals surface area contributed by atoms with Crippen LogP contribution in [0.3, 0.4) is 0 Å². The van der Waals surface area contributed by atoms with E-state index < -0.39 is 15.8 Å². The van der Waals surface area contributed by atoms with Gasteiger partial charge in [-0.1, -0.05) is 0 Å². The molecule has 7 heteroatoms. The first-order valence-electron chi connectivity index (χ1n) is 5.56. The van der Waals surface area contributed by atoms with Gasteiger partial charge in [0.15, 0.2) is 11.5 Å². The molecule has 1 aliphatic carbocycles. The average molecular weight is 269 g/mol. The van der Waals surface area contributed by atoms with Gasteiger partial charge in [-0.25, -0.2) is 22.5 Å². The zero-order chi connectivity index (χ0) is 13.0. The lowest BCUT2D eigenvalue weighted by atomic mass is 10.4. The van der Waals surface area contributed by atoms with Gasteiger partial charge in [-0.3, -0.25) is 0 Å². The molecule has 2 aromatic rings. The lowest BCUT2D eigenvalue weighted by molar-refractivity contribution is 0.554. The molecule has 0 unspecified atom stereocenters. The number of hydrogen-bond donors (Lipinski definition) is 1. The molecule has 0 spiro atoms. The van der Waals surface area contributed by atoms with Crippen molar-refractivity contribution in [2.45, 2.75) is 30.2 Å². The largest absolute Gasteiger partial charge is 0.303 e. The minimum absolute atomic E-state index is 0.0846. The van der Waals surface area contributed by atoms with Crippen molar-refractivity contribution in [3.05, 3.63) is 30.5 Å². The number of sulfonamides is 1. The fourth-order valence-electron chi connectivity index (χ4n) is 1.79. The quantitative estimate of drug-likeness (QED) is 0.913. The van der Waals surface area contributed by atoms with Gasteiger partial charge in [0.1, 0.15) is 4.90 Å². The second-order valence-electron chi connectivity index (χ2n) is 4.85. The number of fused-ring (bicyclic) bond motifs is 1. The molecule has 1 N–H and O–H groups in total. The molecule has 0 bridgehead atoms. The minimum Gasteiger partial charge on any atom is -0.303 e. The first kappa shape index (κ1) is 11.6. The third-order valence-corrected chi connectivity index (χ3v) is 4.71. The molecule has 5 nitrogen and oxygen atoms in total. The van der Waals surface area contributed by atoms with Crippen molar-refractivity contribution in [1.82, 2.24) is 14.1 Å². The highest BCUT2D eigenvalue weighted by Gasteiger charge is 2.41. The highest BCUT2D eigenvalue weighted by molar-refractivity contribution is 7.89. The van der Waals surface area contributed by atoms with E-state index in [1.54, 1.807) is 0 Å². The Labute approximate surface area is 104 Å². The van der Waals surface area contributed by atoms with E-state index >= 15 is 0 Å². The summed E-state index contributed by atoms with van der Waals surface area (Å²) in [4.78, 5) is 3.72. The zero-order valence-corrected chi connectivity index (χ0v) is 10.5. The highest BCUT2D eigenvalue weighted by Crippen LogP contribution is 2.36. The first-order valence-corrected chi connectivity index (χ1v) is 7.04. The van der Waals surface area contributed by atoms with Gasteiger partial charge in [-0.2, -0.15) is 0 Å². The van der Waals surface area contributed by atoms with Crippen molar-refractivity contribution in [1.29, 1.82) is 0 Å². The molecular weight excluding hydrogens is 257 g/mol. The van der Waals surface area contributed by atoms with E-state index in [1.165, 1.54) is 23.0 Å². The van der Waals surface area contributed by atoms with Gasteiger partial charge in [0.2, 0.25) is 10.0 Å². The van der Waals surface area contributed by atoms with Gasteiger partial charge in [0.25, 0.3) is 0 Å². The Bertz CT molecular complexity index is 719. The van der Waals surface area contributed by atoms with Crippen LogP contribution >= 0.6 is 0 Å². The molecule has 0 aromatic carbocycles. The van der Waals surface area contributed by atoms with Gasteiger partial charge in [0, 0.05) is 24.1 Å². The van der Waals surface area contributed by atoms with Gasteiger partial charge in [0.05, 0.1) is 0 Å². The summed E-state index contributed by atoms with van der Waals surface area (Å²) in [7, 11) is -3.69. The number of imidazole rings is 1. The van der Waals surface area contributed by atoms with E-state index in [-0.39, 0.29) is 16.1 Å². The molecule has 2 aromatic heterocycles. The molecule has 0 saturated heterocycles. The average Bonchev–Trinajstić information content (AvgIpc) is 2.80. The Morgan fingerprint density at radius 1 is 1.50 bits per heavy atom. The topological polar surface area (TPSA) is 63.5 Å². The van der Waals surface area contributed by atoms with E-state index in [0.29, 0.717) is 0 Å². The minimum atomic E-state index is -3.69. The van der Waals surface area contributed by atoms with Crippen LogP contribution in [-0.4, -0.2) is 23.3 Å². The summed E-state index contributed by atoms with van der Waals surface area (Å²) >= 11 is 0. The number of nitrogens with zero attached hydrogens (tertiary/aromatic N) is 2. The zero-order valence-electron chi connectivity index (χ0n) is 9.72. The van der Waals surface area contributed by atoms with Crippen LogP contribution in [0, 0.1) is 5.82 Å². The van der Waals surface area contributed by atoms with E-state index in [1.807, 2.05) is 6.92 Å². The number of pyridine rings is 1. The Hall–Kier alpha value is -1.47. The predicted octanol–water partition coefficient (Wildman–Crippen LogP) is 1.30. The van der Waals surface area contributed by atoms with Crippen molar-refractivity contribution in [2.75, 3.05) is 0 Å². The standard InChI is InChI=1S/C11H12FN3O2S/c1-11(2-3-11)14-18(16,17)8-6-9(12)10-13-4-5-15(10)7-8/h4-7,14H,2-3H2,1H3. The van der Waals surface area contributed by atoms with Crippen molar-refractivity contribution in [2.24, 2.45) is 0 Å². The number of aromatic nitrogens is 2.